The second kappa shape index (κ2) is 8.69. The molecule has 1 fully saturated rings. The Bertz CT molecular complexity index is 625. The summed E-state index contributed by atoms with van der Waals surface area (Å²) in [6.45, 7) is 3.61. The second-order valence-electron chi connectivity index (χ2n) is 6.14. The normalized spacial score (nSPS) is 17.0. The molecule has 1 saturated heterocycles. The topological polar surface area (TPSA) is 67.9 Å². The van der Waals surface area contributed by atoms with E-state index in [0.717, 1.165) is 37.2 Å². The van der Waals surface area contributed by atoms with E-state index in [4.69, 9.17) is 9.47 Å². The van der Waals surface area contributed by atoms with Gasteiger partial charge in [-0.25, -0.2) is 4.72 Å². The summed E-state index contributed by atoms with van der Waals surface area (Å²) in [5.41, 5.74) is 1.19. The van der Waals surface area contributed by atoms with Crippen LogP contribution in [0.5, 0.6) is 11.5 Å². The van der Waals surface area contributed by atoms with E-state index in [1.54, 1.807) is 18.5 Å². The van der Waals surface area contributed by atoms with Crippen LogP contribution < -0.4 is 14.2 Å². The van der Waals surface area contributed by atoms with Crippen molar-refractivity contribution in [2.75, 3.05) is 33.9 Å². The number of rotatable bonds is 8. The number of hydrogen-bond donors (Lipinski definition) is 1. The minimum Gasteiger partial charge on any atom is -0.493 e. The van der Waals surface area contributed by atoms with Gasteiger partial charge in [0, 0.05) is 19.6 Å². The minimum absolute atomic E-state index is 0.487. The van der Waals surface area contributed by atoms with Gasteiger partial charge < -0.3 is 9.47 Å². The monoisotopic (exact) mass is 356 g/mol. The fourth-order valence-electron chi connectivity index (χ4n) is 3.02. The molecule has 0 bridgehead atoms. The van der Waals surface area contributed by atoms with Crippen LogP contribution in [0, 0.1) is 5.92 Å². The Kier molecular flexibility index (Phi) is 6.89. The molecule has 0 radical (unpaired) electrons. The first-order valence-corrected chi connectivity index (χ1v) is 9.89. The van der Waals surface area contributed by atoms with Gasteiger partial charge in [-0.1, -0.05) is 13.0 Å². The van der Waals surface area contributed by atoms with Crippen LogP contribution in [0.1, 0.15) is 31.7 Å². The minimum atomic E-state index is -3.31. The Morgan fingerprint density at radius 1 is 1.17 bits per heavy atom. The van der Waals surface area contributed by atoms with Crippen molar-refractivity contribution in [3.63, 3.8) is 0 Å². The summed E-state index contributed by atoms with van der Waals surface area (Å²) < 4.78 is 39.1. The molecule has 1 aliphatic rings. The van der Waals surface area contributed by atoms with Crippen LogP contribution in [0.25, 0.3) is 0 Å². The molecular weight excluding hydrogens is 328 g/mol. The lowest BCUT2D eigenvalue weighted by Crippen LogP contribution is -2.45. The number of nitrogens with zero attached hydrogens (tertiary/aromatic N) is 1. The van der Waals surface area contributed by atoms with Gasteiger partial charge in [-0.15, -0.1) is 0 Å². The predicted molar refractivity (Wildman–Crippen MR) is 94.8 cm³/mol. The highest BCUT2D eigenvalue weighted by atomic mass is 32.2. The van der Waals surface area contributed by atoms with E-state index in [9.17, 15) is 8.42 Å². The molecule has 2 rings (SSSR count). The molecule has 136 valence electrons. The van der Waals surface area contributed by atoms with Crippen LogP contribution >= 0.6 is 0 Å². The molecule has 1 N–H and O–H groups in total. The Morgan fingerprint density at radius 3 is 2.42 bits per heavy atom. The van der Waals surface area contributed by atoms with Crippen molar-refractivity contribution >= 4 is 10.2 Å². The fraction of sp³-hybridized carbons (Fsp3) is 0.647. The number of ether oxygens (including phenoxy) is 2. The fourth-order valence-corrected chi connectivity index (χ4v) is 4.35. The quantitative estimate of drug-likeness (QED) is 0.775. The molecule has 0 aromatic heterocycles. The molecule has 24 heavy (non-hydrogen) atoms. The third kappa shape index (κ3) is 4.84. The standard InChI is InChI=1S/C17H28N2O4S/c1-4-9-18-24(20,21)19-10-7-14(8-11-19)12-15-5-6-16(22-2)17(13-15)23-3/h5-6,13-14,18H,4,7-12H2,1-3H3. The molecule has 0 amide bonds. The number of benzene rings is 1. The summed E-state index contributed by atoms with van der Waals surface area (Å²) in [7, 11) is -0.0562. The smallest absolute Gasteiger partial charge is 0.279 e. The SMILES string of the molecule is CCCNS(=O)(=O)N1CCC(Cc2ccc(OC)c(OC)c2)CC1. The third-order valence-electron chi connectivity index (χ3n) is 4.42. The molecule has 0 saturated carbocycles. The van der Waals surface area contributed by atoms with E-state index in [1.807, 2.05) is 25.1 Å². The Labute approximate surface area is 145 Å². The van der Waals surface area contributed by atoms with Crippen molar-refractivity contribution in [1.29, 1.82) is 0 Å². The van der Waals surface area contributed by atoms with Crippen molar-refractivity contribution in [3.8, 4) is 11.5 Å². The predicted octanol–water partition coefficient (Wildman–Crippen LogP) is 2.20. The average molecular weight is 356 g/mol. The first-order chi connectivity index (χ1) is 11.5. The molecular formula is C17H28N2O4S. The van der Waals surface area contributed by atoms with Crippen LogP contribution in [-0.2, 0) is 16.6 Å². The Morgan fingerprint density at radius 2 is 1.83 bits per heavy atom. The van der Waals surface area contributed by atoms with Gasteiger partial charge in [0.05, 0.1) is 14.2 Å². The van der Waals surface area contributed by atoms with Crippen LogP contribution in [0.4, 0.5) is 0 Å². The summed E-state index contributed by atoms with van der Waals surface area (Å²) >= 11 is 0. The highest BCUT2D eigenvalue weighted by Crippen LogP contribution is 2.30. The van der Waals surface area contributed by atoms with E-state index in [1.165, 1.54) is 5.56 Å². The van der Waals surface area contributed by atoms with Crippen LogP contribution in [0.2, 0.25) is 0 Å². The zero-order valence-electron chi connectivity index (χ0n) is 14.7. The van der Waals surface area contributed by atoms with Crippen LogP contribution in [0.3, 0.4) is 0 Å². The molecule has 0 aliphatic carbocycles. The van der Waals surface area contributed by atoms with Crippen molar-refractivity contribution in [2.24, 2.45) is 5.92 Å². The van der Waals surface area contributed by atoms with Crippen molar-refractivity contribution in [3.05, 3.63) is 23.8 Å². The maximum atomic E-state index is 12.1. The van der Waals surface area contributed by atoms with Gasteiger partial charge in [0.15, 0.2) is 11.5 Å². The van der Waals surface area contributed by atoms with E-state index in [2.05, 4.69) is 4.72 Å². The zero-order valence-corrected chi connectivity index (χ0v) is 15.6. The largest absolute Gasteiger partial charge is 0.493 e. The van der Waals surface area contributed by atoms with Crippen LogP contribution in [0.15, 0.2) is 18.2 Å². The van der Waals surface area contributed by atoms with Crippen molar-refractivity contribution in [1.82, 2.24) is 9.03 Å². The summed E-state index contributed by atoms with van der Waals surface area (Å²) in [5.74, 6) is 1.95. The van der Waals surface area contributed by atoms with E-state index in [0.29, 0.717) is 25.6 Å². The van der Waals surface area contributed by atoms with Crippen molar-refractivity contribution in [2.45, 2.75) is 32.6 Å². The molecule has 0 atom stereocenters. The molecule has 1 aromatic rings. The molecule has 7 heteroatoms. The molecule has 1 aliphatic heterocycles. The van der Waals surface area contributed by atoms with E-state index >= 15 is 0 Å². The lowest BCUT2D eigenvalue weighted by atomic mass is 9.91. The molecule has 1 aromatic carbocycles. The molecule has 1 heterocycles. The highest BCUT2D eigenvalue weighted by molar-refractivity contribution is 7.87. The first kappa shape index (κ1) is 19.0. The van der Waals surface area contributed by atoms with Gasteiger partial charge in [-0.3, -0.25) is 0 Å². The number of nitrogens with one attached hydrogen (secondary N) is 1. The second-order valence-corrected chi connectivity index (χ2v) is 7.89. The first-order valence-electron chi connectivity index (χ1n) is 8.45. The lowest BCUT2D eigenvalue weighted by molar-refractivity contribution is 0.270. The summed E-state index contributed by atoms with van der Waals surface area (Å²) in [4.78, 5) is 0. The lowest BCUT2D eigenvalue weighted by Gasteiger charge is -2.31. The third-order valence-corrected chi connectivity index (χ3v) is 6.03. The van der Waals surface area contributed by atoms with Gasteiger partial charge in [0.25, 0.3) is 10.2 Å². The zero-order chi connectivity index (χ0) is 17.6. The maximum absolute atomic E-state index is 12.1. The number of piperidine rings is 1. The summed E-state index contributed by atoms with van der Waals surface area (Å²) in [6.07, 6.45) is 3.48. The molecule has 0 unspecified atom stereocenters. The number of hydrogen-bond acceptors (Lipinski definition) is 4. The van der Waals surface area contributed by atoms with Gasteiger partial charge in [0.2, 0.25) is 0 Å². The van der Waals surface area contributed by atoms with Gasteiger partial charge in [-0.05, 0) is 49.3 Å². The number of methoxy groups -OCH3 is 2. The Hall–Kier alpha value is -1.31. The van der Waals surface area contributed by atoms with Gasteiger partial charge in [-0.2, -0.15) is 12.7 Å². The summed E-state index contributed by atoms with van der Waals surface area (Å²) in [6, 6.07) is 5.97. The summed E-state index contributed by atoms with van der Waals surface area (Å²) in [5, 5.41) is 0. The average Bonchev–Trinajstić information content (AvgIpc) is 2.60. The molecule has 6 nitrogen and oxygen atoms in total. The Balaban J connectivity index is 1.91. The molecule has 0 spiro atoms. The van der Waals surface area contributed by atoms with E-state index in [-0.39, 0.29) is 0 Å². The van der Waals surface area contributed by atoms with Crippen LogP contribution in [-0.4, -0.2) is 46.6 Å². The highest BCUT2D eigenvalue weighted by Gasteiger charge is 2.27. The van der Waals surface area contributed by atoms with Crippen molar-refractivity contribution < 1.29 is 17.9 Å². The van der Waals surface area contributed by atoms with E-state index < -0.39 is 10.2 Å². The van der Waals surface area contributed by atoms with Gasteiger partial charge >= 0.3 is 0 Å². The maximum Gasteiger partial charge on any atom is 0.279 e. The van der Waals surface area contributed by atoms with Gasteiger partial charge in [0.1, 0.15) is 0 Å².